The molecule has 3 aromatic rings. The van der Waals surface area contributed by atoms with Crippen molar-refractivity contribution in [2.45, 2.75) is 0 Å². The molecule has 0 aliphatic rings. The molecular formula is C24H19ClFN3O5. The summed E-state index contributed by atoms with van der Waals surface area (Å²) in [5.74, 6) is -1.75. The standard InChI is InChI=1S/C24H19ClFN3O5/c1-33-21-12-15(6-11-20(21)34-24(32)18-4-2-3-5-19(18)25)13-28-29-22(30)14-27-23(31)16-7-9-17(26)10-8-16/h2-13H,14H2,1H3,(H,27,31)(H,29,30). The average Bonchev–Trinajstić information content (AvgIpc) is 2.84. The first-order valence-corrected chi connectivity index (χ1v) is 10.3. The normalized spacial score (nSPS) is 10.6. The minimum Gasteiger partial charge on any atom is -0.493 e. The molecule has 0 atom stereocenters. The molecule has 0 heterocycles. The summed E-state index contributed by atoms with van der Waals surface area (Å²) in [6.07, 6.45) is 1.35. The lowest BCUT2D eigenvalue weighted by molar-refractivity contribution is -0.120. The van der Waals surface area contributed by atoms with E-state index >= 15 is 0 Å². The Hall–Kier alpha value is -4.24. The van der Waals surface area contributed by atoms with Gasteiger partial charge in [-0.25, -0.2) is 14.6 Å². The maximum Gasteiger partial charge on any atom is 0.345 e. The van der Waals surface area contributed by atoms with Gasteiger partial charge in [0, 0.05) is 5.56 Å². The molecule has 2 amide bonds. The molecule has 2 N–H and O–H groups in total. The summed E-state index contributed by atoms with van der Waals surface area (Å²) in [7, 11) is 1.41. The van der Waals surface area contributed by atoms with Crippen molar-refractivity contribution in [2.24, 2.45) is 5.10 Å². The van der Waals surface area contributed by atoms with Gasteiger partial charge in [-0.05, 0) is 60.2 Å². The van der Waals surface area contributed by atoms with Crippen LogP contribution >= 0.6 is 11.6 Å². The highest BCUT2D eigenvalue weighted by molar-refractivity contribution is 6.33. The SMILES string of the molecule is COc1cc(C=NNC(=O)CNC(=O)c2ccc(F)cc2)ccc1OC(=O)c1ccccc1Cl. The number of carbonyl (C=O) groups is 3. The van der Waals surface area contributed by atoms with Gasteiger partial charge >= 0.3 is 5.97 Å². The van der Waals surface area contributed by atoms with Crippen molar-refractivity contribution in [2.75, 3.05) is 13.7 Å². The fraction of sp³-hybridized carbons (Fsp3) is 0.0833. The van der Waals surface area contributed by atoms with Crippen molar-refractivity contribution < 1.29 is 28.2 Å². The van der Waals surface area contributed by atoms with Crippen LogP contribution in [0.3, 0.4) is 0 Å². The summed E-state index contributed by atoms with van der Waals surface area (Å²) in [4.78, 5) is 36.2. The summed E-state index contributed by atoms with van der Waals surface area (Å²) in [5.41, 5.74) is 3.26. The highest BCUT2D eigenvalue weighted by atomic mass is 35.5. The van der Waals surface area contributed by atoms with Crippen LogP contribution in [0.2, 0.25) is 5.02 Å². The minimum absolute atomic E-state index is 0.178. The van der Waals surface area contributed by atoms with Gasteiger partial charge in [0.25, 0.3) is 11.8 Å². The first-order chi connectivity index (χ1) is 16.4. The second-order valence-corrected chi connectivity index (χ2v) is 7.17. The lowest BCUT2D eigenvalue weighted by Gasteiger charge is -2.10. The summed E-state index contributed by atoms with van der Waals surface area (Å²) >= 11 is 6.02. The molecule has 0 aliphatic carbocycles. The van der Waals surface area contributed by atoms with E-state index in [-0.39, 0.29) is 34.2 Å². The Morgan fingerprint density at radius 2 is 1.76 bits per heavy atom. The molecule has 8 nitrogen and oxygen atoms in total. The molecule has 34 heavy (non-hydrogen) atoms. The lowest BCUT2D eigenvalue weighted by atomic mass is 10.2. The lowest BCUT2D eigenvalue weighted by Crippen LogP contribution is -2.34. The van der Waals surface area contributed by atoms with Gasteiger partial charge in [0.2, 0.25) is 0 Å². The molecule has 0 aliphatic heterocycles. The van der Waals surface area contributed by atoms with Gasteiger partial charge in [-0.1, -0.05) is 23.7 Å². The second-order valence-electron chi connectivity index (χ2n) is 6.76. The van der Waals surface area contributed by atoms with E-state index in [1.54, 1.807) is 36.4 Å². The maximum absolute atomic E-state index is 12.9. The molecule has 0 bridgehead atoms. The number of benzene rings is 3. The van der Waals surface area contributed by atoms with Gasteiger partial charge in [-0.15, -0.1) is 0 Å². The monoisotopic (exact) mass is 483 g/mol. The maximum atomic E-state index is 12.9. The third-order valence-electron chi connectivity index (χ3n) is 4.40. The van der Waals surface area contributed by atoms with Gasteiger partial charge in [-0.3, -0.25) is 9.59 Å². The molecule has 174 valence electrons. The largest absolute Gasteiger partial charge is 0.493 e. The van der Waals surface area contributed by atoms with Crippen molar-refractivity contribution in [1.29, 1.82) is 0 Å². The highest BCUT2D eigenvalue weighted by Gasteiger charge is 2.15. The zero-order chi connectivity index (χ0) is 24.5. The van der Waals surface area contributed by atoms with Crippen LogP contribution < -0.4 is 20.2 Å². The van der Waals surface area contributed by atoms with Gasteiger partial charge in [-0.2, -0.15) is 5.10 Å². The molecule has 0 fully saturated rings. The van der Waals surface area contributed by atoms with Crippen molar-refractivity contribution in [1.82, 2.24) is 10.7 Å². The summed E-state index contributed by atoms with van der Waals surface area (Å²) < 4.78 is 23.5. The fourth-order valence-corrected chi connectivity index (χ4v) is 2.93. The van der Waals surface area contributed by atoms with Gasteiger partial charge in [0.05, 0.1) is 30.5 Å². The first kappa shape index (κ1) is 24.4. The Labute approximate surface area is 199 Å². The Bertz CT molecular complexity index is 1230. The minimum atomic E-state index is -0.639. The van der Waals surface area contributed by atoms with Crippen LogP contribution in [0.15, 0.2) is 71.8 Å². The van der Waals surface area contributed by atoms with Crippen LogP contribution in [0.1, 0.15) is 26.3 Å². The number of methoxy groups -OCH3 is 1. The summed E-state index contributed by atoms with van der Waals surface area (Å²) in [6, 6.07) is 16.1. The van der Waals surface area contributed by atoms with Crippen LogP contribution in [0.25, 0.3) is 0 Å². The zero-order valence-electron chi connectivity index (χ0n) is 17.9. The Morgan fingerprint density at radius 1 is 1.03 bits per heavy atom. The summed E-state index contributed by atoms with van der Waals surface area (Å²) in [5, 5.41) is 6.49. The number of nitrogens with zero attached hydrogens (tertiary/aromatic N) is 1. The molecule has 0 saturated carbocycles. The van der Waals surface area contributed by atoms with Crippen LogP contribution in [0, 0.1) is 5.82 Å². The van der Waals surface area contributed by atoms with E-state index in [0.717, 1.165) is 12.1 Å². The van der Waals surface area contributed by atoms with Crippen molar-refractivity contribution in [3.8, 4) is 11.5 Å². The van der Waals surface area contributed by atoms with Gasteiger partial charge in [0.1, 0.15) is 5.82 Å². The van der Waals surface area contributed by atoms with Gasteiger partial charge < -0.3 is 14.8 Å². The molecule has 0 unspecified atom stereocenters. The third kappa shape index (κ3) is 6.63. The van der Waals surface area contributed by atoms with E-state index in [2.05, 4.69) is 15.8 Å². The molecule has 0 aromatic heterocycles. The van der Waals surface area contributed by atoms with E-state index in [1.807, 2.05) is 0 Å². The third-order valence-corrected chi connectivity index (χ3v) is 4.73. The first-order valence-electron chi connectivity index (χ1n) is 9.88. The topological polar surface area (TPSA) is 106 Å². The van der Waals surface area contributed by atoms with Crippen LogP contribution in [-0.2, 0) is 4.79 Å². The smallest absolute Gasteiger partial charge is 0.345 e. The van der Waals surface area contributed by atoms with E-state index in [9.17, 15) is 18.8 Å². The van der Waals surface area contributed by atoms with Crippen LogP contribution in [-0.4, -0.2) is 37.7 Å². The number of amides is 2. The molecule has 0 spiro atoms. The number of rotatable bonds is 8. The number of esters is 1. The Morgan fingerprint density at radius 3 is 2.47 bits per heavy atom. The van der Waals surface area contributed by atoms with Gasteiger partial charge in [0.15, 0.2) is 11.5 Å². The number of hydrogen-bond acceptors (Lipinski definition) is 6. The highest BCUT2D eigenvalue weighted by Crippen LogP contribution is 2.29. The predicted molar refractivity (Wildman–Crippen MR) is 124 cm³/mol. The Balaban J connectivity index is 1.55. The van der Waals surface area contributed by atoms with E-state index < -0.39 is 23.6 Å². The number of halogens is 2. The predicted octanol–water partition coefficient (Wildman–Crippen LogP) is 3.59. The number of ether oxygens (including phenoxy) is 2. The summed E-state index contributed by atoms with van der Waals surface area (Å²) in [6.45, 7) is -0.326. The quantitative estimate of drug-likeness (QED) is 0.220. The molecule has 3 rings (SSSR count). The zero-order valence-corrected chi connectivity index (χ0v) is 18.6. The van der Waals surface area contributed by atoms with Crippen molar-refractivity contribution in [3.63, 3.8) is 0 Å². The van der Waals surface area contributed by atoms with E-state index in [1.165, 1.54) is 31.5 Å². The molecular weight excluding hydrogens is 465 g/mol. The van der Waals surface area contributed by atoms with Crippen molar-refractivity contribution in [3.05, 3.63) is 94.3 Å². The molecule has 0 radical (unpaired) electrons. The van der Waals surface area contributed by atoms with E-state index in [4.69, 9.17) is 21.1 Å². The fourth-order valence-electron chi connectivity index (χ4n) is 2.71. The van der Waals surface area contributed by atoms with Crippen LogP contribution in [0.5, 0.6) is 11.5 Å². The number of nitrogens with one attached hydrogen (secondary N) is 2. The number of carbonyl (C=O) groups excluding carboxylic acids is 3. The Kier molecular flexibility index (Phi) is 8.31. The van der Waals surface area contributed by atoms with Crippen LogP contribution in [0.4, 0.5) is 4.39 Å². The molecule has 0 saturated heterocycles. The number of hydrazone groups is 1. The second kappa shape index (κ2) is 11.6. The number of hydrogen-bond donors (Lipinski definition) is 2. The molecule has 10 heteroatoms. The van der Waals surface area contributed by atoms with E-state index in [0.29, 0.717) is 5.56 Å². The average molecular weight is 484 g/mol. The molecule has 3 aromatic carbocycles. The van der Waals surface area contributed by atoms with Crippen molar-refractivity contribution >= 4 is 35.6 Å².